The Hall–Kier alpha value is -1.13. The first-order valence-electron chi connectivity index (χ1n) is 5.96. The predicted molar refractivity (Wildman–Crippen MR) is 70.3 cm³/mol. The summed E-state index contributed by atoms with van der Waals surface area (Å²) in [5, 5.41) is 3.52. The largest absolute Gasteiger partial charge is 0.465 e. The third-order valence-corrected chi connectivity index (χ3v) is 3.44. The van der Waals surface area contributed by atoms with Gasteiger partial charge >= 0.3 is 0 Å². The quantitative estimate of drug-likeness (QED) is 0.854. The molecule has 2 aromatic heterocycles. The maximum Gasteiger partial charge on any atom is 0.121 e. The molecule has 0 aliphatic carbocycles. The van der Waals surface area contributed by atoms with Gasteiger partial charge in [0.1, 0.15) is 11.5 Å². The number of nitrogens with zero attached hydrogens (tertiary/aromatic N) is 1. The van der Waals surface area contributed by atoms with Crippen molar-refractivity contribution in [3.05, 3.63) is 40.2 Å². The highest BCUT2D eigenvalue weighted by molar-refractivity contribution is 7.09. The van der Waals surface area contributed by atoms with Crippen LogP contribution in [-0.2, 0) is 6.42 Å². The predicted octanol–water partition coefficient (Wildman–Crippen LogP) is 3.33. The average Bonchev–Trinajstić information content (AvgIpc) is 2.95. The molecule has 2 rings (SSSR count). The molecule has 0 fully saturated rings. The highest BCUT2D eigenvalue weighted by Crippen LogP contribution is 2.22. The van der Waals surface area contributed by atoms with Crippen LogP contribution in [0.4, 0.5) is 0 Å². The smallest absolute Gasteiger partial charge is 0.121 e. The van der Waals surface area contributed by atoms with Crippen molar-refractivity contribution in [2.24, 2.45) is 0 Å². The van der Waals surface area contributed by atoms with Gasteiger partial charge in [-0.05, 0) is 32.0 Å². The Morgan fingerprint density at radius 3 is 2.94 bits per heavy atom. The fourth-order valence-corrected chi connectivity index (χ4v) is 2.42. The number of nitrogens with one attached hydrogen (secondary N) is 1. The lowest BCUT2D eigenvalue weighted by Crippen LogP contribution is -2.23. The summed E-state index contributed by atoms with van der Waals surface area (Å²) in [5.41, 5.74) is 1.87. The standard InChI is InChI=1S/C13H18N2OS/c1-3-6-15-12(7-11-8-14-9-17-11)13-5-4-10(2)16-13/h4-5,8-9,12,15H,3,6-7H2,1-2H3. The summed E-state index contributed by atoms with van der Waals surface area (Å²) in [7, 11) is 0. The second-order valence-corrected chi connectivity index (χ2v) is 5.10. The van der Waals surface area contributed by atoms with Crippen LogP contribution in [0.3, 0.4) is 0 Å². The second kappa shape index (κ2) is 5.98. The van der Waals surface area contributed by atoms with Gasteiger partial charge in [-0.1, -0.05) is 6.92 Å². The van der Waals surface area contributed by atoms with Crippen LogP contribution in [-0.4, -0.2) is 11.5 Å². The van der Waals surface area contributed by atoms with Gasteiger partial charge in [-0.25, -0.2) is 0 Å². The first-order valence-corrected chi connectivity index (χ1v) is 6.84. The van der Waals surface area contributed by atoms with Crippen LogP contribution in [0.2, 0.25) is 0 Å². The van der Waals surface area contributed by atoms with E-state index in [9.17, 15) is 0 Å². The first kappa shape index (κ1) is 12.3. The average molecular weight is 250 g/mol. The van der Waals surface area contributed by atoms with E-state index in [1.165, 1.54) is 4.88 Å². The van der Waals surface area contributed by atoms with E-state index in [-0.39, 0.29) is 6.04 Å². The van der Waals surface area contributed by atoms with Gasteiger partial charge in [0, 0.05) is 17.5 Å². The van der Waals surface area contributed by atoms with E-state index in [0.29, 0.717) is 0 Å². The summed E-state index contributed by atoms with van der Waals surface area (Å²) < 4.78 is 5.71. The monoisotopic (exact) mass is 250 g/mol. The number of hydrogen-bond acceptors (Lipinski definition) is 4. The second-order valence-electron chi connectivity index (χ2n) is 4.13. The molecule has 1 atom stereocenters. The zero-order valence-electron chi connectivity index (χ0n) is 10.3. The third kappa shape index (κ3) is 3.41. The van der Waals surface area contributed by atoms with E-state index in [1.54, 1.807) is 11.3 Å². The van der Waals surface area contributed by atoms with Crippen molar-refractivity contribution in [2.75, 3.05) is 6.54 Å². The van der Waals surface area contributed by atoms with E-state index in [1.807, 2.05) is 24.7 Å². The topological polar surface area (TPSA) is 38.1 Å². The lowest BCUT2D eigenvalue weighted by molar-refractivity contribution is 0.399. The number of aromatic nitrogens is 1. The van der Waals surface area contributed by atoms with Crippen molar-refractivity contribution in [3.63, 3.8) is 0 Å². The van der Waals surface area contributed by atoms with Gasteiger partial charge in [-0.2, -0.15) is 0 Å². The molecule has 0 aliphatic heterocycles. The lowest BCUT2D eigenvalue weighted by Gasteiger charge is -2.15. The molecule has 1 unspecified atom stereocenters. The molecule has 17 heavy (non-hydrogen) atoms. The van der Waals surface area contributed by atoms with Crippen LogP contribution >= 0.6 is 11.3 Å². The Kier molecular flexibility index (Phi) is 4.34. The van der Waals surface area contributed by atoms with Gasteiger partial charge in [0.15, 0.2) is 0 Å². The van der Waals surface area contributed by atoms with Gasteiger partial charge < -0.3 is 9.73 Å². The Labute approximate surface area is 106 Å². The molecule has 0 radical (unpaired) electrons. The summed E-state index contributed by atoms with van der Waals surface area (Å²) >= 11 is 1.69. The molecule has 2 aromatic rings. The van der Waals surface area contributed by atoms with Crippen molar-refractivity contribution >= 4 is 11.3 Å². The molecule has 0 saturated carbocycles. The summed E-state index contributed by atoms with van der Waals surface area (Å²) in [6, 6.07) is 4.33. The minimum atomic E-state index is 0.254. The summed E-state index contributed by atoms with van der Waals surface area (Å²) in [4.78, 5) is 5.40. The van der Waals surface area contributed by atoms with Crippen LogP contribution in [0, 0.1) is 6.92 Å². The Morgan fingerprint density at radius 1 is 1.47 bits per heavy atom. The molecule has 2 heterocycles. The molecule has 3 nitrogen and oxygen atoms in total. The first-order chi connectivity index (χ1) is 8.29. The summed E-state index contributed by atoms with van der Waals surface area (Å²) in [5.74, 6) is 1.98. The maximum atomic E-state index is 5.71. The molecule has 92 valence electrons. The number of aryl methyl sites for hydroxylation is 1. The van der Waals surface area contributed by atoms with Crippen LogP contribution in [0.1, 0.15) is 35.8 Å². The zero-order chi connectivity index (χ0) is 12.1. The summed E-state index contributed by atoms with van der Waals surface area (Å²) in [6.07, 6.45) is 4.00. The Bertz CT molecular complexity index is 436. The van der Waals surface area contributed by atoms with Gasteiger partial charge in [-0.3, -0.25) is 4.98 Å². The summed E-state index contributed by atoms with van der Waals surface area (Å²) in [6.45, 7) is 5.15. The van der Waals surface area contributed by atoms with Gasteiger partial charge in [0.2, 0.25) is 0 Å². The van der Waals surface area contributed by atoms with Crippen molar-refractivity contribution in [2.45, 2.75) is 32.7 Å². The van der Waals surface area contributed by atoms with E-state index >= 15 is 0 Å². The van der Waals surface area contributed by atoms with E-state index in [2.05, 4.69) is 23.3 Å². The Morgan fingerprint density at radius 2 is 2.35 bits per heavy atom. The number of thiazole rings is 1. The number of hydrogen-bond donors (Lipinski definition) is 1. The Balaban J connectivity index is 2.07. The molecule has 0 aliphatic rings. The molecule has 0 spiro atoms. The van der Waals surface area contributed by atoms with Gasteiger partial charge in [0.05, 0.1) is 11.6 Å². The normalized spacial score (nSPS) is 12.8. The molecule has 0 bridgehead atoms. The number of furan rings is 1. The van der Waals surface area contributed by atoms with Crippen LogP contribution < -0.4 is 5.32 Å². The third-order valence-electron chi connectivity index (χ3n) is 2.63. The molecule has 0 saturated heterocycles. The minimum Gasteiger partial charge on any atom is -0.465 e. The van der Waals surface area contributed by atoms with Crippen molar-refractivity contribution < 1.29 is 4.42 Å². The van der Waals surface area contributed by atoms with Gasteiger partial charge in [0.25, 0.3) is 0 Å². The minimum absolute atomic E-state index is 0.254. The lowest BCUT2D eigenvalue weighted by atomic mass is 10.1. The van der Waals surface area contributed by atoms with Crippen molar-refractivity contribution in [1.29, 1.82) is 0 Å². The molecular formula is C13H18N2OS. The van der Waals surface area contributed by atoms with Crippen LogP contribution in [0.15, 0.2) is 28.3 Å². The van der Waals surface area contributed by atoms with E-state index in [0.717, 1.165) is 30.9 Å². The molecule has 0 amide bonds. The maximum absolute atomic E-state index is 5.71. The van der Waals surface area contributed by atoms with E-state index < -0.39 is 0 Å². The van der Waals surface area contributed by atoms with Gasteiger partial charge in [-0.15, -0.1) is 11.3 Å². The number of rotatable bonds is 6. The highest BCUT2D eigenvalue weighted by Gasteiger charge is 2.15. The fourth-order valence-electron chi connectivity index (χ4n) is 1.78. The fraction of sp³-hybridized carbons (Fsp3) is 0.462. The SMILES string of the molecule is CCCNC(Cc1cncs1)c1ccc(C)o1. The van der Waals surface area contributed by atoms with E-state index in [4.69, 9.17) is 4.42 Å². The highest BCUT2D eigenvalue weighted by atomic mass is 32.1. The molecule has 1 N–H and O–H groups in total. The zero-order valence-corrected chi connectivity index (χ0v) is 11.1. The van der Waals surface area contributed by atoms with Crippen molar-refractivity contribution in [1.82, 2.24) is 10.3 Å². The molecule has 0 aromatic carbocycles. The van der Waals surface area contributed by atoms with Crippen LogP contribution in [0.25, 0.3) is 0 Å². The van der Waals surface area contributed by atoms with Crippen molar-refractivity contribution in [3.8, 4) is 0 Å². The van der Waals surface area contributed by atoms with Crippen LogP contribution in [0.5, 0.6) is 0 Å². The molecule has 4 heteroatoms. The molecular weight excluding hydrogens is 232 g/mol.